The van der Waals surface area contributed by atoms with Crippen LogP contribution in [0, 0.1) is 5.41 Å². The lowest BCUT2D eigenvalue weighted by Crippen LogP contribution is -2.43. The molecule has 0 aliphatic heterocycles. The van der Waals surface area contributed by atoms with Crippen LogP contribution in [0.5, 0.6) is 0 Å². The molecular weight excluding hydrogens is 544 g/mol. The Hall–Kier alpha value is -2.28. The normalized spacial score (nSPS) is 10.7. The summed E-state index contributed by atoms with van der Waals surface area (Å²) in [5, 5.41) is 10.9. The zero-order valence-electron chi connectivity index (χ0n) is 28.1. The van der Waals surface area contributed by atoms with E-state index < -0.39 is 5.41 Å². The summed E-state index contributed by atoms with van der Waals surface area (Å²) in [4.78, 5) is 47.3. The van der Waals surface area contributed by atoms with E-state index in [0.29, 0.717) is 6.54 Å². The Morgan fingerprint density at radius 1 is 0.571 bits per heavy atom. The number of hydrogen-bond acceptors (Lipinski definition) is 8. The van der Waals surface area contributed by atoms with Gasteiger partial charge in [0.25, 0.3) is 0 Å². The molecule has 0 aromatic carbocycles. The lowest BCUT2D eigenvalue weighted by Gasteiger charge is -2.33. The van der Waals surface area contributed by atoms with Gasteiger partial charge in [-0.1, -0.05) is 27.7 Å². The van der Waals surface area contributed by atoms with Gasteiger partial charge in [-0.3, -0.25) is 19.2 Å². The minimum atomic E-state index is -0.785. The van der Waals surface area contributed by atoms with Crippen LogP contribution < -0.4 is 21.3 Å². The fourth-order valence-corrected chi connectivity index (χ4v) is 3.26. The van der Waals surface area contributed by atoms with Crippen molar-refractivity contribution in [3.63, 3.8) is 0 Å². The quantitative estimate of drug-likeness (QED) is 0.130. The molecule has 0 heterocycles. The molecule has 4 N–H and O–H groups in total. The van der Waals surface area contributed by atoms with E-state index in [1.165, 1.54) is 0 Å². The number of hydrogen-bond donors (Lipinski definition) is 4. The third-order valence-electron chi connectivity index (χ3n) is 5.08. The summed E-state index contributed by atoms with van der Waals surface area (Å²) >= 11 is 0. The summed E-state index contributed by atoms with van der Waals surface area (Å²) in [5.74, 6) is -0.482. The van der Waals surface area contributed by atoms with Gasteiger partial charge in [0.05, 0.1) is 58.3 Å². The zero-order chi connectivity index (χ0) is 32.8. The van der Waals surface area contributed by atoms with Crippen molar-refractivity contribution in [2.75, 3.05) is 66.4 Å². The van der Waals surface area contributed by atoms with Crippen LogP contribution in [0.1, 0.15) is 88.0 Å². The fraction of sp³-hybridized carbons (Fsp3) is 0.867. The molecule has 0 unspecified atom stereocenters. The molecule has 250 valence electrons. The van der Waals surface area contributed by atoms with Gasteiger partial charge in [0, 0.05) is 51.4 Å². The highest BCUT2D eigenvalue weighted by atomic mass is 16.5. The van der Waals surface area contributed by atoms with Gasteiger partial charge in [-0.15, -0.1) is 0 Å². The Morgan fingerprint density at radius 2 is 0.881 bits per heavy atom. The van der Waals surface area contributed by atoms with Gasteiger partial charge in [-0.25, -0.2) is 0 Å². The topological polar surface area (TPSA) is 153 Å². The second kappa shape index (κ2) is 30.2. The maximum absolute atomic E-state index is 12.0. The molecule has 0 aliphatic rings. The maximum Gasteiger partial charge on any atom is 0.222 e. The van der Waals surface area contributed by atoms with Gasteiger partial charge in [0.15, 0.2) is 0 Å². The number of carbonyl (C=O) groups excluding carboxylic acids is 4. The SMILES string of the molecule is CC.CC.CCNC(=O)CCOCC(COCCC(=O)NC)(COCCC(=O)NC(C)C)COCCC(=O)NC(C)C. The molecule has 0 bridgehead atoms. The van der Waals surface area contributed by atoms with Gasteiger partial charge >= 0.3 is 0 Å². The van der Waals surface area contributed by atoms with Gasteiger partial charge in [0.1, 0.15) is 0 Å². The Labute approximate surface area is 255 Å². The molecule has 12 nitrogen and oxygen atoms in total. The van der Waals surface area contributed by atoms with Crippen LogP contribution in [0.3, 0.4) is 0 Å². The molecule has 0 aromatic heterocycles. The van der Waals surface area contributed by atoms with Crippen LogP contribution in [-0.2, 0) is 38.1 Å². The first-order valence-electron chi connectivity index (χ1n) is 15.4. The predicted molar refractivity (Wildman–Crippen MR) is 166 cm³/mol. The molecule has 0 aromatic rings. The van der Waals surface area contributed by atoms with E-state index in [1.807, 2.05) is 62.3 Å². The van der Waals surface area contributed by atoms with Crippen LogP contribution >= 0.6 is 0 Å². The van der Waals surface area contributed by atoms with Crippen molar-refractivity contribution >= 4 is 23.6 Å². The van der Waals surface area contributed by atoms with Crippen molar-refractivity contribution in [2.45, 2.75) is 100 Å². The summed E-state index contributed by atoms with van der Waals surface area (Å²) in [7, 11) is 1.56. The van der Waals surface area contributed by atoms with Crippen LogP contribution in [0.2, 0.25) is 0 Å². The Bertz CT molecular complexity index is 660. The van der Waals surface area contributed by atoms with Crippen molar-refractivity contribution < 1.29 is 38.1 Å². The van der Waals surface area contributed by atoms with Crippen molar-refractivity contribution in [3.8, 4) is 0 Å². The first-order chi connectivity index (χ1) is 20.0. The van der Waals surface area contributed by atoms with Gasteiger partial charge < -0.3 is 40.2 Å². The van der Waals surface area contributed by atoms with E-state index in [0.717, 1.165) is 0 Å². The summed E-state index contributed by atoms with van der Waals surface area (Å²) in [6.07, 6.45) is 0.783. The van der Waals surface area contributed by atoms with Crippen LogP contribution in [0.4, 0.5) is 0 Å². The van der Waals surface area contributed by atoms with E-state index in [9.17, 15) is 19.2 Å². The standard InChI is InChI=1S/C26H50N4O8.2C2H6/c1-7-28-23(32)9-13-36-17-26(16-35-12-8-22(31)27-6,18-37-14-10-24(33)29-20(2)3)19-38-15-11-25(34)30-21(4)5;2*1-2/h20-21H,7-19H2,1-6H3,(H,27,31)(H,28,32)(H,29,33)(H,30,34);2*1-2H3. The summed E-state index contributed by atoms with van der Waals surface area (Å²) < 4.78 is 23.4. The molecule has 0 radical (unpaired) electrons. The van der Waals surface area contributed by atoms with Crippen molar-refractivity contribution in [2.24, 2.45) is 5.41 Å². The third-order valence-corrected chi connectivity index (χ3v) is 5.08. The second-order valence-corrected chi connectivity index (χ2v) is 9.78. The first-order valence-corrected chi connectivity index (χ1v) is 15.4. The van der Waals surface area contributed by atoms with E-state index in [2.05, 4.69) is 21.3 Å². The molecule has 0 atom stereocenters. The van der Waals surface area contributed by atoms with Gasteiger partial charge in [0.2, 0.25) is 23.6 Å². The lowest BCUT2D eigenvalue weighted by molar-refractivity contribution is -0.129. The van der Waals surface area contributed by atoms with E-state index in [-0.39, 0.29) is 114 Å². The molecule has 0 rings (SSSR count). The fourth-order valence-electron chi connectivity index (χ4n) is 3.26. The largest absolute Gasteiger partial charge is 0.380 e. The van der Waals surface area contributed by atoms with E-state index in [4.69, 9.17) is 18.9 Å². The Kier molecular flexibility index (Phi) is 31.7. The van der Waals surface area contributed by atoms with Crippen LogP contribution in [0.25, 0.3) is 0 Å². The van der Waals surface area contributed by atoms with Crippen molar-refractivity contribution in [1.29, 1.82) is 0 Å². The molecule has 0 saturated heterocycles. The van der Waals surface area contributed by atoms with E-state index in [1.54, 1.807) is 7.05 Å². The average Bonchev–Trinajstić information content (AvgIpc) is 2.95. The second-order valence-electron chi connectivity index (χ2n) is 9.78. The minimum Gasteiger partial charge on any atom is -0.380 e. The van der Waals surface area contributed by atoms with Crippen molar-refractivity contribution in [3.05, 3.63) is 0 Å². The maximum atomic E-state index is 12.0. The van der Waals surface area contributed by atoms with Crippen molar-refractivity contribution in [1.82, 2.24) is 21.3 Å². The molecule has 0 aliphatic carbocycles. The molecule has 0 saturated carbocycles. The summed E-state index contributed by atoms with van der Waals surface area (Å²) in [6, 6.07) is 0.0739. The molecule has 0 fully saturated rings. The van der Waals surface area contributed by atoms with E-state index >= 15 is 0 Å². The number of rotatable bonds is 23. The summed E-state index contributed by atoms with van der Waals surface area (Å²) in [6.45, 7) is 19.3. The van der Waals surface area contributed by atoms with Crippen LogP contribution in [0.15, 0.2) is 0 Å². The average molecular weight is 607 g/mol. The number of nitrogens with one attached hydrogen (secondary N) is 4. The molecule has 42 heavy (non-hydrogen) atoms. The molecule has 4 amide bonds. The smallest absolute Gasteiger partial charge is 0.222 e. The Morgan fingerprint density at radius 3 is 1.17 bits per heavy atom. The minimum absolute atomic E-state index is 0.0370. The Balaban J connectivity index is -0.00000363. The molecular formula is C30H62N4O8. The first kappa shape index (κ1) is 44.2. The lowest BCUT2D eigenvalue weighted by atomic mass is 9.92. The number of carbonyl (C=O) groups is 4. The monoisotopic (exact) mass is 606 g/mol. The zero-order valence-corrected chi connectivity index (χ0v) is 28.1. The highest BCUT2D eigenvalue weighted by Crippen LogP contribution is 2.21. The number of amides is 4. The predicted octanol–water partition coefficient (Wildman–Crippen LogP) is 2.58. The summed E-state index contributed by atoms with van der Waals surface area (Å²) in [5.41, 5.74) is -0.785. The number of ether oxygens (including phenoxy) is 4. The third kappa shape index (κ3) is 27.9. The highest BCUT2D eigenvalue weighted by molar-refractivity contribution is 5.77. The highest BCUT2D eigenvalue weighted by Gasteiger charge is 2.33. The van der Waals surface area contributed by atoms with Gasteiger partial charge in [-0.05, 0) is 34.6 Å². The van der Waals surface area contributed by atoms with Gasteiger partial charge in [-0.2, -0.15) is 0 Å². The van der Waals surface area contributed by atoms with Crippen LogP contribution in [-0.4, -0.2) is 102 Å². The molecule has 0 spiro atoms. The molecule has 12 heteroatoms.